The number of amides is 1. The van der Waals surface area contributed by atoms with Crippen LogP contribution < -0.4 is 10.0 Å². The zero-order valence-corrected chi connectivity index (χ0v) is 18.3. The molecule has 0 aliphatic heterocycles. The standard InChI is InChI=1S/C23H24N2O3S2/c1-18-16-20(23(26)24-14-15-29-17-19-8-4-2-5-9-19)12-13-22(18)25-30(27,28)21-10-6-3-7-11-21/h2-13,16,25H,14-15,17H2,1H3,(H,24,26). The molecule has 0 aromatic heterocycles. The van der Waals surface area contributed by atoms with Gasteiger partial charge in [-0.3, -0.25) is 9.52 Å². The van der Waals surface area contributed by atoms with E-state index in [0.717, 1.165) is 11.5 Å². The molecule has 0 unspecified atom stereocenters. The zero-order chi connectivity index (χ0) is 21.4. The summed E-state index contributed by atoms with van der Waals surface area (Å²) in [5, 5.41) is 2.91. The van der Waals surface area contributed by atoms with Gasteiger partial charge in [-0.05, 0) is 48.4 Å². The van der Waals surface area contributed by atoms with Gasteiger partial charge in [-0.1, -0.05) is 48.5 Å². The number of aryl methyl sites for hydroxylation is 1. The summed E-state index contributed by atoms with van der Waals surface area (Å²) >= 11 is 1.76. The van der Waals surface area contributed by atoms with E-state index in [1.165, 1.54) is 17.7 Å². The summed E-state index contributed by atoms with van der Waals surface area (Å²) < 4.78 is 27.6. The fourth-order valence-electron chi connectivity index (χ4n) is 2.83. The van der Waals surface area contributed by atoms with Crippen molar-refractivity contribution < 1.29 is 13.2 Å². The maximum absolute atomic E-state index is 12.5. The van der Waals surface area contributed by atoms with Gasteiger partial charge in [0.15, 0.2) is 0 Å². The molecule has 7 heteroatoms. The SMILES string of the molecule is Cc1cc(C(=O)NCCSCc2ccccc2)ccc1NS(=O)(=O)c1ccccc1. The van der Waals surface area contributed by atoms with Gasteiger partial charge in [0.25, 0.3) is 15.9 Å². The van der Waals surface area contributed by atoms with Crippen molar-refractivity contribution in [1.29, 1.82) is 0 Å². The van der Waals surface area contributed by atoms with Crippen LogP contribution in [0.3, 0.4) is 0 Å². The molecule has 0 atom stereocenters. The first kappa shape index (κ1) is 21.9. The lowest BCUT2D eigenvalue weighted by molar-refractivity contribution is 0.0956. The van der Waals surface area contributed by atoms with Crippen molar-refractivity contribution >= 4 is 33.4 Å². The maximum Gasteiger partial charge on any atom is 0.261 e. The van der Waals surface area contributed by atoms with E-state index in [9.17, 15) is 13.2 Å². The van der Waals surface area contributed by atoms with Crippen molar-refractivity contribution in [3.05, 3.63) is 95.6 Å². The first-order chi connectivity index (χ1) is 14.5. The Bertz CT molecular complexity index is 1090. The average Bonchev–Trinajstić information content (AvgIpc) is 2.76. The van der Waals surface area contributed by atoms with E-state index in [1.807, 2.05) is 18.2 Å². The number of thioether (sulfide) groups is 1. The largest absolute Gasteiger partial charge is 0.351 e. The fraction of sp³-hybridized carbons (Fsp3) is 0.174. The Morgan fingerprint density at radius 1 is 0.933 bits per heavy atom. The van der Waals surface area contributed by atoms with Gasteiger partial charge in [0.1, 0.15) is 0 Å². The Kier molecular flexibility index (Phi) is 7.54. The summed E-state index contributed by atoms with van der Waals surface area (Å²) in [4.78, 5) is 12.6. The molecule has 0 spiro atoms. The van der Waals surface area contributed by atoms with Crippen LogP contribution in [-0.4, -0.2) is 26.6 Å². The third kappa shape index (κ3) is 6.11. The lowest BCUT2D eigenvalue weighted by Crippen LogP contribution is -2.26. The minimum atomic E-state index is -3.67. The minimum Gasteiger partial charge on any atom is -0.351 e. The highest BCUT2D eigenvalue weighted by atomic mass is 32.2. The highest BCUT2D eigenvalue weighted by molar-refractivity contribution is 7.98. The van der Waals surface area contributed by atoms with Gasteiger partial charge < -0.3 is 5.32 Å². The molecule has 3 aromatic rings. The lowest BCUT2D eigenvalue weighted by Gasteiger charge is -2.12. The van der Waals surface area contributed by atoms with Crippen molar-refractivity contribution in [3.63, 3.8) is 0 Å². The highest BCUT2D eigenvalue weighted by Gasteiger charge is 2.15. The first-order valence-corrected chi connectivity index (χ1v) is 12.2. The van der Waals surface area contributed by atoms with Crippen molar-refractivity contribution in [2.45, 2.75) is 17.6 Å². The Balaban J connectivity index is 1.52. The second-order valence-corrected chi connectivity index (χ2v) is 9.53. The molecular formula is C23H24N2O3S2. The third-order valence-electron chi connectivity index (χ3n) is 4.43. The first-order valence-electron chi connectivity index (χ1n) is 9.54. The Morgan fingerprint density at radius 2 is 1.60 bits per heavy atom. The molecule has 0 saturated heterocycles. The van der Waals surface area contributed by atoms with Gasteiger partial charge in [0, 0.05) is 23.6 Å². The topological polar surface area (TPSA) is 75.3 Å². The summed E-state index contributed by atoms with van der Waals surface area (Å²) in [5.74, 6) is 1.55. The molecule has 1 amide bonds. The molecule has 2 N–H and O–H groups in total. The summed E-state index contributed by atoms with van der Waals surface area (Å²) in [6.07, 6.45) is 0. The summed E-state index contributed by atoms with van der Waals surface area (Å²) in [6, 6.07) is 23.3. The molecule has 5 nitrogen and oxygen atoms in total. The van der Waals surface area contributed by atoms with Crippen LogP contribution in [0.15, 0.2) is 83.8 Å². The van der Waals surface area contributed by atoms with Crippen LogP contribution in [0.1, 0.15) is 21.5 Å². The highest BCUT2D eigenvalue weighted by Crippen LogP contribution is 2.21. The molecule has 0 fully saturated rings. The third-order valence-corrected chi connectivity index (χ3v) is 6.84. The van der Waals surface area contributed by atoms with Gasteiger partial charge in [-0.15, -0.1) is 0 Å². The number of carbonyl (C=O) groups excluding carboxylic acids is 1. The Hall–Kier alpha value is -2.77. The van der Waals surface area contributed by atoms with Crippen LogP contribution in [0.5, 0.6) is 0 Å². The molecule has 156 valence electrons. The molecule has 0 heterocycles. The second kappa shape index (κ2) is 10.3. The van der Waals surface area contributed by atoms with Crippen LogP contribution in [0.25, 0.3) is 0 Å². The molecule has 0 radical (unpaired) electrons. The van der Waals surface area contributed by atoms with E-state index in [0.29, 0.717) is 23.4 Å². The second-order valence-electron chi connectivity index (χ2n) is 6.74. The van der Waals surface area contributed by atoms with Crippen LogP contribution in [0.2, 0.25) is 0 Å². The quantitative estimate of drug-likeness (QED) is 0.482. The Labute approximate surface area is 182 Å². The number of hydrogen-bond acceptors (Lipinski definition) is 4. The van der Waals surface area contributed by atoms with Gasteiger partial charge in [0.05, 0.1) is 10.6 Å². The summed E-state index contributed by atoms with van der Waals surface area (Å²) in [7, 11) is -3.67. The Morgan fingerprint density at radius 3 is 2.27 bits per heavy atom. The van der Waals surface area contributed by atoms with E-state index in [4.69, 9.17) is 0 Å². The van der Waals surface area contributed by atoms with Gasteiger partial charge in [0.2, 0.25) is 0 Å². The van der Waals surface area contributed by atoms with Gasteiger partial charge in [-0.2, -0.15) is 11.8 Å². The summed E-state index contributed by atoms with van der Waals surface area (Å²) in [6.45, 7) is 2.34. The van der Waals surface area contributed by atoms with Crippen molar-refractivity contribution in [3.8, 4) is 0 Å². The molecule has 3 aromatic carbocycles. The monoisotopic (exact) mass is 440 g/mol. The molecule has 0 bridgehead atoms. The normalized spacial score (nSPS) is 11.1. The number of nitrogens with one attached hydrogen (secondary N) is 2. The van der Waals surface area contributed by atoms with Gasteiger partial charge in [-0.25, -0.2) is 8.42 Å². The average molecular weight is 441 g/mol. The van der Waals surface area contributed by atoms with E-state index in [2.05, 4.69) is 22.2 Å². The number of hydrogen-bond donors (Lipinski definition) is 2. The van der Waals surface area contributed by atoms with Crippen LogP contribution in [-0.2, 0) is 15.8 Å². The number of benzene rings is 3. The van der Waals surface area contributed by atoms with Gasteiger partial charge >= 0.3 is 0 Å². The smallest absolute Gasteiger partial charge is 0.261 e. The molecule has 3 rings (SSSR count). The molecule has 0 saturated carbocycles. The van der Waals surface area contributed by atoms with E-state index in [1.54, 1.807) is 55.1 Å². The number of anilines is 1. The molecular weight excluding hydrogens is 416 g/mol. The van der Waals surface area contributed by atoms with Crippen LogP contribution >= 0.6 is 11.8 Å². The molecule has 0 aliphatic rings. The number of carbonyl (C=O) groups is 1. The minimum absolute atomic E-state index is 0.170. The number of rotatable bonds is 9. The van der Waals surface area contributed by atoms with Crippen LogP contribution in [0.4, 0.5) is 5.69 Å². The lowest BCUT2D eigenvalue weighted by atomic mass is 10.1. The van der Waals surface area contributed by atoms with E-state index >= 15 is 0 Å². The maximum atomic E-state index is 12.5. The van der Waals surface area contributed by atoms with Crippen molar-refractivity contribution in [1.82, 2.24) is 5.32 Å². The van der Waals surface area contributed by atoms with E-state index in [-0.39, 0.29) is 10.8 Å². The van der Waals surface area contributed by atoms with Crippen LogP contribution in [0, 0.1) is 6.92 Å². The molecule has 30 heavy (non-hydrogen) atoms. The van der Waals surface area contributed by atoms with E-state index < -0.39 is 10.0 Å². The molecule has 0 aliphatic carbocycles. The number of sulfonamides is 1. The fourth-order valence-corrected chi connectivity index (χ4v) is 4.80. The zero-order valence-electron chi connectivity index (χ0n) is 16.7. The summed E-state index contributed by atoms with van der Waals surface area (Å²) in [5.41, 5.74) is 2.90. The predicted octanol–water partition coefficient (Wildman–Crippen LogP) is 4.46. The van der Waals surface area contributed by atoms with Crippen molar-refractivity contribution in [2.75, 3.05) is 17.0 Å². The van der Waals surface area contributed by atoms with Crippen molar-refractivity contribution in [2.24, 2.45) is 0 Å². The predicted molar refractivity (Wildman–Crippen MR) is 123 cm³/mol.